The van der Waals surface area contributed by atoms with E-state index in [9.17, 15) is 4.79 Å². The van der Waals surface area contributed by atoms with Crippen LogP contribution in [0.15, 0.2) is 6.20 Å². The van der Waals surface area contributed by atoms with Gasteiger partial charge in [0.15, 0.2) is 0 Å². The van der Waals surface area contributed by atoms with E-state index >= 15 is 0 Å². The highest BCUT2D eigenvalue weighted by atomic mass is 16.2. The van der Waals surface area contributed by atoms with Crippen molar-refractivity contribution in [3.8, 4) is 0 Å². The number of amides is 1. The molecule has 2 atom stereocenters. The molecule has 1 N–H and O–H groups in total. The van der Waals surface area contributed by atoms with Crippen LogP contribution in [0.25, 0.3) is 0 Å². The van der Waals surface area contributed by atoms with Crippen LogP contribution in [0.5, 0.6) is 0 Å². The minimum atomic E-state index is 0.00458. The lowest BCUT2D eigenvalue weighted by Gasteiger charge is -2.24. The van der Waals surface area contributed by atoms with Gasteiger partial charge in [-0.3, -0.25) is 9.48 Å². The molecule has 2 unspecified atom stereocenters. The third kappa shape index (κ3) is 3.05. The molecule has 0 aliphatic carbocycles. The van der Waals surface area contributed by atoms with Crippen LogP contribution in [-0.2, 0) is 17.3 Å². The van der Waals surface area contributed by atoms with Gasteiger partial charge in [-0.15, -0.1) is 0 Å². The molecule has 1 fully saturated rings. The van der Waals surface area contributed by atoms with Crippen molar-refractivity contribution in [1.82, 2.24) is 15.1 Å². The Hall–Kier alpha value is -1.32. The maximum absolute atomic E-state index is 11.8. The van der Waals surface area contributed by atoms with Crippen LogP contribution in [-0.4, -0.2) is 21.7 Å². The van der Waals surface area contributed by atoms with E-state index in [0.29, 0.717) is 12.3 Å². The van der Waals surface area contributed by atoms with Gasteiger partial charge in [0, 0.05) is 37.0 Å². The summed E-state index contributed by atoms with van der Waals surface area (Å²) in [6.07, 6.45) is 3.71. The molecule has 1 amide bonds. The number of hydrogen-bond donors (Lipinski definition) is 1. The fourth-order valence-corrected chi connectivity index (χ4v) is 3.13. The summed E-state index contributed by atoms with van der Waals surface area (Å²) < 4.78 is 1.88. The van der Waals surface area contributed by atoms with Gasteiger partial charge in [0.25, 0.3) is 0 Å². The lowest BCUT2D eigenvalue weighted by Crippen LogP contribution is -2.30. The summed E-state index contributed by atoms with van der Waals surface area (Å²) in [4.78, 5) is 11.8. The highest BCUT2D eigenvalue weighted by Crippen LogP contribution is 2.37. The molecule has 4 heteroatoms. The SMILES string of the molecule is CC(C)CC1NC(=O)CC1c1cn(C)nc1C(C)(C)C. The summed E-state index contributed by atoms with van der Waals surface area (Å²) in [5.41, 5.74) is 2.36. The zero-order chi connectivity index (χ0) is 15.1. The van der Waals surface area contributed by atoms with Gasteiger partial charge in [-0.2, -0.15) is 5.10 Å². The molecule has 1 aromatic rings. The zero-order valence-electron chi connectivity index (χ0n) is 13.5. The third-order valence-corrected chi connectivity index (χ3v) is 3.93. The maximum atomic E-state index is 11.8. The van der Waals surface area contributed by atoms with E-state index in [0.717, 1.165) is 12.1 Å². The van der Waals surface area contributed by atoms with E-state index in [-0.39, 0.29) is 23.3 Å². The molecule has 2 rings (SSSR count). The maximum Gasteiger partial charge on any atom is 0.220 e. The summed E-state index contributed by atoms with van der Waals surface area (Å²) in [6.45, 7) is 11.0. The summed E-state index contributed by atoms with van der Waals surface area (Å²) in [5.74, 6) is 1.01. The molecule has 0 aromatic carbocycles. The molecule has 0 spiro atoms. The highest BCUT2D eigenvalue weighted by Gasteiger charge is 2.37. The van der Waals surface area contributed by atoms with Gasteiger partial charge < -0.3 is 5.32 Å². The van der Waals surface area contributed by atoms with E-state index in [2.05, 4.69) is 51.2 Å². The number of nitrogens with zero attached hydrogens (tertiary/aromatic N) is 2. The molecule has 2 heterocycles. The highest BCUT2D eigenvalue weighted by molar-refractivity contribution is 5.80. The van der Waals surface area contributed by atoms with Crippen molar-refractivity contribution in [2.24, 2.45) is 13.0 Å². The molecule has 1 aromatic heterocycles. The van der Waals surface area contributed by atoms with Crippen molar-refractivity contribution in [3.05, 3.63) is 17.5 Å². The van der Waals surface area contributed by atoms with Crippen molar-refractivity contribution in [3.63, 3.8) is 0 Å². The Morgan fingerprint density at radius 3 is 2.65 bits per heavy atom. The van der Waals surface area contributed by atoms with Crippen molar-refractivity contribution in [2.75, 3.05) is 0 Å². The number of carbonyl (C=O) groups excluding carboxylic acids is 1. The molecule has 20 heavy (non-hydrogen) atoms. The first kappa shape index (κ1) is 15.1. The summed E-state index contributed by atoms with van der Waals surface area (Å²) in [6, 6.07) is 0.243. The van der Waals surface area contributed by atoms with Crippen LogP contribution in [0.4, 0.5) is 0 Å². The first-order valence-electron chi connectivity index (χ1n) is 7.52. The fraction of sp³-hybridized carbons (Fsp3) is 0.750. The van der Waals surface area contributed by atoms with Gasteiger partial charge in [0.05, 0.1) is 5.69 Å². The molecule has 0 radical (unpaired) electrons. The topological polar surface area (TPSA) is 46.9 Å². The molecular weight excluding hydrogens is 250 g/mol. The van der Waals surface area contributed by atoms with Crippen LogP contribution in [0.1, 0.15) is 64.6 Å². The number of rotatable bonds is 3. The molecule has 0 saturated carbocycles. The summed E-state index contributed by atoms with van der Waals surface area (Å²) in [5, 5.41) is 7.79. The zero-order valence-corrected chi connectivity index (χ0v) is 13.5. The van der Waals surface area contributed by atoms with Gasteiger partial charge in [0.2, 0.25) is 5.91 Å². The number of hydrogen-bond acceptors (Lipinski definition) is 2. The molecule has 1 aliphatic heterocycles. The van der Waals surface area contributed by atoms with Gasteiger partial charge in [-0.25, -0.2) is 0 Å². The lowest BCUT2D eigenvalue weighted by atomic mass is 9.81. The molecule has 4 nitrogen and oxygen atoms in total. The Bertz CT molecular complexity index is 496. The predicted octanol–water partition coefficient (Wildman–Crippen LogP) is 2.74. The minimum Gasteiger partial charge on any atom is -0.353 e. The standard InChI is InChI=1S/C16H27N3O/c1-10(2)7-13-11(8-14(20)17-13)12-9-19(6)18-15(12)16(3,4)5/h9-11,13H,7-8H2,1-6H3,(H,17,20). The van der Waals surface area contributed by atoms with Gasteiger partial charge >= 0.3 is 0 Å². The van der Waals surface area contributed by atoms with Crippen molar-refractivity contribution < 1.29 is 4.79 Å². The first-order valence-corrected chi connectivity index (χ1v) is 7.52. The van der Waals surface area contributed by atoms with Gasteiger partial charge in [-0.1, -0.05) is 34.6 Å². The Balaban J connectivity index is 2.36. The second-order valence-corrected chi connectivity index (χ2v) is 7.47. The summed E-state index contributed by atoms with van der Waals surface area (Å²) in [7, 11) is 1.96. The average Bonchev–Trinajstić information content (AvgIpc) is 2.80. The Morgan fingerprint density at radius 2 is 2.10 bits per heavy atom. The van der Waals surface area contributed by atoms with E-state index in [1.54, 1.807) is 0 Å². The molecule has 1 aliphatic rings. The normalized spacial score (nSPS) is 23.4. The Kier molecular flexibility index (Phi) is 3.94. The van der Waals surface area contributed by atoms with Crippen LogP contribution in [0, 0.1) is 5.92 Å². The second kappa shape index (κ2) is 5.23. The lowest BCUT2D eigenvalue weighted by molar-refractivity contribution is -0.119. The van der Waals surface area contributed by atoms with E-state index in [1.807, 2.05) is 11.7 Å². The number of carbonyl (C=O) groups is 1. The van der Waals surface area contributed by atoms with E-state index < -0.39 is 0 Å². The average molecular weight is 277 g/mol. The van der Waals surface area contributed by atoms with Gasteiger partial charge in [-0.05, 0) is 17.9 Å². The van der Waals surface area contributed by atoms with Crippen LogP contribution >= 0.6 is 0 Å². The van der Waals surface area contributed by atoms with Crippen molar-refractivity contribution in [2.45, 2.75) is 64.8 Å². The van der Waals surface area contributed by atoms with Crippen LogP contribution in [0.2, 0.25) is 0 Å². The molecule has 0 bridgehead atoms. The first-order chi connectivity index (χ1) is 9.18. The number of nitrogens with one attached hydrogen (secondary N) is 1. The van der Waals surface area contributed by atoms with Gasteiger partial charge in [0.1, 0.15) is 0 Å². The Labute approximate surface area is 121 Å². The van der Waals surface area contributed by atoms with E-state index in [1.165, 1.54) is 5.56 Å². The fourth-order valence-electron chi connectivity index (χ4n) is 3.13. The molecular formula is C16H27N3O. The predicted molar refractivity (Wildman–Crippen MR) is 80.7 cm³/mol. The second-order valence-electron chi connectivity index (χ2n) is 7.47. The third-order valence-electron chi connectivity index (χ3n) is 3.93. The largest absolute Gasteiger partial charge is 0.353 e. The van der Waals surface area contributed by atoms with E-state index in [4.69, 9.17) is 0 Å². The number of aromatic nitrogens is 2. The monoisotopic (exact) mass is 277 g/mol. The van der Waals surface area contributed by atoms with Crippen molar-refractivity contribution in [1.29, 1.82) is 0 Å². The Morgan fingerprint density at radius 1 is 1.45 bits per heavy atom. The van der Waals surface area contributed by atoms with Crippen LogP contribution in [0.3, 0.4) is 0 Å². The number of aryl methyl sites for hydroxylation is 1. The quantitative estimate of drug-likeness (QED) is 0.923. The summed E-state index contributed by atoms with van der Waals surface area (Å²) >= 11 is 0. The smallest absolute Gasteiger partial charge is 0.220 e. The molecule has 112 valence electrons. The minimum absolute atomic E-state index is 0.00458. The molecule has 1 saturated heterocycles. The van der Waals surface area contributed by atoms with Crippen LogP contribution < -0.4 is 5.32 Å². The van der Waals surface area contributed by atoms with Crippen molar-refractivity contribution >= 4 is 5.91 Å².